The lowest BCUT2D eigenvalue weighted by molar-refractivity contribution is -0.0907. The van der Waals surface area contributed by atoms with E-state index in [2.05, 4.69) is 22.8 Å². The summed E-state index contributed by atoms with van der Waals surface area (Å²) in [4.78, 5) is 13.3. The number of benzene rings is 3. The molecule has 0 aliphatic carbocycles. The molecule has 50 heavy (non-hydrogen) atoms. The molecule has 3 aliphatic rings. The molecule has 3 heterocycles. The van der Waals surface area contributed by atoms with Gasteiger partial charge in [0.25, 0.3) is 0 Å². The normalized spacial score (nSPS) is 21.4. The molecule has 3 N–H and O–H groups in total. The van der Waals surface area contributed by atoms with Crippen LogP contribution in [0.4, 0.5) is 4.79 Å². The monoisotopic (exact) mass is 710 g/mol. The van der Waals surface area contributed by atoms with Crippen molar-refractivity contribution in [3.8, 4) is 17.2 Å². The fourth-order valence-electron chi connectivity index (χ4n) is 6.52. The summed E-state index contributed by atoms with van der Waals surface area (Å²) in [6, 6.07) is 21.4. The third-order valence-corrected chi connectivity index (χ3v) is 11.5. The molecule has 270 valence electrons. The lowest BCUT2D eigenvalue weighted by Crippen LogP contribution is -2.52. The molecule has 1 amide bonds. The number of carbonyl (C=O) groups is 1. The van der Waals surface area contributed by atoms with Crippen molar-refractivity contribution in [2.24, 2.45) is 11.8 Å². The maximum Gasteiger partial charge on any atom is 0.407 e. The number of fused-ring (bicyclic) bond motifs is 2. The Labute approximate surface area is 293 Å². The average Bonchev–Trinajstić information content (AvgIpc) is 3.86. The number of aliphatic hydroxyl groups is 1. The van der Waals surface area contributed by atoms with Crippen LogP contribution in [0.3, 0.4) is 0 Å². The number of aliphatic hydroxyl groups excluding tert-OH is 1. The molecule has 3 aromatic carbocycles. The molecule has 1 unspecified atom stereocenters. The van der Waals surface area contributed by atoms with Gasteiger partial charge in [0.15, 0.2) is 27.6 Å². The fraction of sp³-hybridized carbons (Fsp3) is 0.486. The van der Waals surface area contributed by atoms with Gasteiger partial charge in [0, 0.05) is 12.6 Å². The summed E-state index contributed by atoms with van der Waals surface area (Å²) in [5, 5.41) is 16.3. The van der Waals surface area contributed by atoms with Gasteiger partial charge in [0.2, 0.25) is 6.79 Å². The Hall–Kier alpha value is -3.88. The van der Waals surface area contributed by atoms with Crippen LogP contribution in [0.15, 0.2) is 77.7 Å². The molecule has 3 aromatic rings. The molecular weight excluding hydrogens is 664 g/mol. The van der Waals surface area contributed by atoms with E-state index in [0.717, 1.165) is 30.6 Å². The number of sulfone groups is 1. The first kappa shape index (κ1) is 35.9. The number of hydrogen-bond donors (Lipinski definition) is 3. The Morgan fingerprint density at radius 2 is 1.76 bits per heavy atom. The van der Waals surface area contributed by atoms with Crippen LogP contribution in [0.5, 0.6) is 17.2 Å². The topological polar surface area (TPSA) is 151 Å². The SMILES string of the molecule is CC(C)C(NC[C@@H](O)[C@H](Cc1ccc(OCCCc2ccccc2)cc1)NC(=O)O[C@H]1CO[C@H]2OCC[C@H]21)S(=O)(=O)c1ccc2c(c1)OCO2. The summed E-state index contributed by atoms with van der Waals surface area (Å²) in [5.41, 5.74) is 2.10. The van der Waals surface area contributed by atoms with Crippen LogP contribution in [0.2, 0.25) is 0 Å². The largest absolute Gasteiger partial charge is 0.494 e. The van der Waals surface area contributed by atoms with Gasteiger partial charge >= 0.3 is 6.09 Å². The highest BCUT2D eigenvalue weighted by molar-refractivity contribution is 7.92. The highest BCUT2D eigenvalue weighted by Crippen LogP contribution is 2.35. The summed E-state index contributed by atoms with van der Waals surface area (Å²) in [6.45, 7) is 4.83. The summed E-state index contributed by atoms with van der Waals surface area (Å²) >= 11 is 0. The van der Waals surface area contributed by atoms with Crippen LogP contribution >= 0.6 is 0 Å². The molecule has 12 nitrogen and oxygen atoms in total. The first-order chi connectivity index (χ1) is 24.2. The Balaban J connectivity index is 1.10. The number of amides is 1. The van der Waals surface area contributed by atoms with Crippen LogP contribution < -0.4 is 24.8 Å². The average molecular weight is 711 g/mol. The first-order valence-electron chi connectivity index (χ1n) is 17.2. The lowest BCUT2D eigenvalue weighted by Gasteiger charge is -2.29. The van der Waals surface area contributed by atoms with Crippen molar-refractivity contribution < 1.29 is 46.7 Å². The molecule has 0 saturated carbocycles. The minimum atomic E-state index is -3.89. The molecule has 13 heteroatoms. The standard InChI is InChI=1S/C37H46N2O10S/c1-24(2)35(50(42,43)28-14-15-32-33(20-28)48-23-47-32)38-21-31(40)30(39-37(41)49-34-22-46-36-29(34)16-18-45-36)19-26-10-12-27(13-11-26)44-17-6-9-25-7-4-3-5-8-25/h3-5,7-8,10-15,20,24,29-31,34-36,38,40H,6,9,16-19,21-23H2,1-2H3,(H,39,41)/t29-,30-,31+,34-,35?,36+/m0/s1. The minimum absolute atomic E-state index is 0.0288. The van der Waals surface area contributed by atoms with E-state index in [0.29, 0.717) is 24.7 Å². The van der Waals surface area contributed by atoms with E-state index in [4.69, 9.17) is 28.4 Å². The van der Waals surface area contributed by atoms with Gasteiger partial charge in [-0.15, -0.1) is 0 Å². The fourth-order valence-corrected chi connectivity index (χ4v) is 8.38. The zero-order valence-corrected chi connectivity index (χ0v) is 29.2. The third-order valence-electron chi connectivity index (χ3n) is 9.25. The predicted molar refractivity (Wildman–Crippen MR) is 184 cm³/mol. The Morgan fingerprint density at radius 1 is 0.980 bits per heavy atom. The van der Waals surface area contributed by atoms with Crippen LogP contribution in [0, 0.1) is 11.8 Å². The zero-order valence-electron chi connectivity index (χ0n) is 28.4. The van der Waals surface area contributed by atoms with Gasteiger partial charge in [-0.05, 0) is 67.0 Å². The van der Waals surface area contributed by atoms with Gasteiger partial charge in [0.1, 0.15) is 17.2 Å². The molecule has 0 bridgehead atoms. The van der Waals surface area contributed by atoms with Crippen molar-refractivity contribution in [3.63, 3.8) is 0 Å². The number of hydrogen-bond acceptors (Lipinski definition) is 11. The number of carbonyl (C=O) groups excluding carboxylic acids is 1. The molecule has 0 aromatic heterocycles. The second-order valence-corrected chi connectivity index (χ2v) is 15.3. The number of rotatable bonds is 16. The lowest BCUT2D eigenvalue weighted by atomic mass is 10.0. The van der Waals surface area contributed by atoms with E-state index in [1.165, 1.54) is 17.7 Å². The van der Waals surface area contributed by atoms with Crippen LogP contribution in [-0.4, -0.2) is 82.7 Å². The number of alkyl carbamates (subject to hydrolysis) is 1. The Kier molecular flexibility index (Phi) is 11.8. The van der Waals surface area contributed by atoms with Gasteiger partial charge in [-0.1, -0.05) is 56.3 Å². The number of ether oxygens (including phenoxy) is 6. The van der Waals surface area contributed by atoms with Crippen molar-refractivity contribution in [1.29, 1.82) is 0 Å². The molecule has 0 radical (unpaired) electrons. The highest BCUT2D eigenvalue weighted by atomic mass is 32.2. The van der Waals surface area contributed by atoms with Crippen molar-refractivity contribution in [3.05, 3.63) is 83.9 Å². The maximum atomic E-state index is 13.7. The van der Waals surface area contributed by atoms with E-state index in [1.807, 2.05) is 42.5 Å². The van der Waals surface area contributed by atoms with Crippen molar-refractivity contribution in [2.45, 2.75) is 74.3 Å². The van der Waals surface area contributed by atoms with Gasteiger partial charge < -0.3 is 38.8 Å². The molecule has 6 rings (SSSR count). The van der Waals surface area contributed by atoms with Gasteiger partial charge in [-0.25, -0.2) is 13.2 Å². The minimum Gasteiger partial charge on any atom is -0.494 e. The second-order valence-electron chi connectivity index (χ2n) is 13.2. The van der Waals surface area contributed by atoms with E-state index in [9.17, 15) is 18.3 Å². The van der Waals surface area contributed by atoms with Crippen molar-refractivity contribution in [2.75, 3.05) is 33.2 Å². The smallest absolute Gasteiger partial charge is 0.407 e. The number of nitrogens with one attached hydrogen (secondary N) is 2. The number of aryl methyl sites for hydroxylation is 1. The van der Waals surface area contributed by atoms with Gasteiger partial charge in [-0.3, -0.25) is 5.32 Å². The van der Waals surface area contributed by atoms with E-state index in [-0.39, 0.29) is 49.4 Å². The van der Waals surface area contributed by atoms with E-state index >= 15 is 0 Å². The van der Waals surface area contributed by atoms with Crippen LogP contribution in [0.1, 0.15) is 37.8 Å². The van der Waals surface area contributed by atoms with Crippen LogP contribution in [-0.2, 0) is 36.9 Å². The quantitative estimate of drug-likeness (QED) is 0.183. The van der Waals surface area contributed by atoms with Crippen molar-refractivity contribution >= 4 is 15.9 Å². The van der Waals surface area contributed by atoms with E-state index in [1.54, 1.807) is 19.9 Å². The van der Waals surface area contributed by atoms with Crippen molar-refractivity contribution in [1.82, 2.24) is 10.6 Å². The summed E-state index contributed by atoms with van der Waals surface area (Å²) in [7, 11) is -3.89. The molecule has 3 aliphatic heterocycles. The first-order valence-corrected chi connectivity index (χ1v) is 18.7. The van der Waals surface area contributed by atoms with Crippen LogP contribution in [0.25, 0.3) is 0 Å². The highest BCUT2D eigenvalue weighted by Gasteiger charge is 2.44. The Bertz CT molecular complexity index is 1670. The molecule has 6 atom stereocenters. The predicted octanol–water partition coefficient (Wildman–Crippen LogP) is 4.23. The van der Waals surface area contributed by atoms with E-state index < -0.39 is 39.6 Å². The summed E-state index contributed by atoms with van der Waals surface area (Å²) in [5.74, 6) is 1.17. The van der Waals surface area contributed by atoms with Gasteiger partial charge in [0.05, 0.1) is 42.8 Å². The van der Waals surface area contributed by atoms with Gasteiger partial charge in [-0.2, -0.15) is 0 Å². The zero-order chi connectivity index (χ0) is 35.1. The second kappa shape index (κ2) is 16.4. The molecule has 2 saturated heterocycles. The summed E-state index contributed by atoms with van der Waals surface area (Å²) in [6.07, 6.45) is 0.0729. The molecule has 2 fully saturated rings. The summed E-state index contributed by atoms with van der Waals surface area (Å²) < 4.78 is 61.1. The maximum absolute atomic E-state index is 13.7. The third kappa shape index (κ3) is 8.88. The molecular formula is C37H46N2O10S. The Morgan fingerprint density at radius 3 is 2.54 bits per heavy atom. The molecule has 0 spiro atoms.